The summed E-state index contributed by atoms with van der Waals surface area (Å²) in [5.41, 5.74) is 3.21. The third kappa shape index (κ3) is 4.62. The number of hydrogen-bond donors (Lipinski definition) is 1. The molecule has 0 atom stereocenters. The van der Waals surface area contributed by atoms with E-state index in [1.807, 2.05) is 25.5 Å². The van der Waals surface area contributed by atoms with Crippen LogP contribution in [0.3, 0.4) is 0 Å². The second-order valence-corrected chi connectivity index (χ2v) is 7.11. The average Bonchev–Trinajstić information content (AvgIpc) is 2.60. The van der Waals surface area contributed by atoms with Gasteiger partial charge in [0.05, 0.1) is 18.0 Å². The number of sulfone groups is 1. The van der Waals surface area contributed by atoms with E-state index in [1.54, 1.807) is 0 Å². The van der Waals surface area contributed by atoms with Crippen LogP contribution in [0, 0.1) is 13.8 Å². The van der Waals surface area contributed by atoms with Gasteiger partial charge in [-0.05, 0) is 26.8 Å². The fraction of sp³-hybridized carbons (Fsp3) is 0.769. The van der Waals surface area contributed by atoms with Crippen LogP contribution in [0.25, 0.3) is 0 Å². The van der Waals surface area contributed by atoms with E-state index in [0.717, 1.165) is 24.5 Å². The minimum Gasteiger partial charge on any atom is -0.313 e. The molecule has 0 aliphatic heterocycles. The zero-order valence-electron chi connectivity index (χ0n) is 12.4. The van der Waals surface area contributed by atoms with Crippen molar-refractivity contribution in [3.05, 3.63) is 17.0 Å². The third-order valence-electron chi connectivity index (χ3n) is 3.21. The lowest BCUT2D eigenvalue weighted by atomic mass is 10.2. The predicted molar refractivity (Wildman–Crippen MR) is 78.0 cm³/mol. The fourth-order valence-corrected chi connectivity index (χ4v) is 3.37. The molecule has 5 nitrogen and oxygen atoms in total. The first-order chi connectivity index (χ1) is 8.91. The molecule has 1 heterocycles. The summed E-state index contributed by atoms with van der Waals surface area (Å²) in [6, 6.07) is 0. The number of aryl methyl sites for hydroxylation is 2. The molecule has 0 amide bonds. The van der Waals surface area contributed by atoms with Crippen molar-refractivity contribution in [2.75, 3.05) is 18.1 Å². The first kappa shape index (κ1) is 16.2. The van der Waals surface area contributed by atoms with Gasteiger partial charge < -0.3 is 5.32 Å². The molecule has 1 aromatic heterocycles. The number of nitrogens with one attached hydrogen (secondary N) is 1. The molecular formula is C13H25N3O2S. The molecule has 0 fully saturated rings. The Morgan fingerprint density at radius 3 is 2.47 bits per heavy atom. The summed E-state index contributed by atoms with van der Waals surface area (Å²) < 4.78 is 25.3. The SMILES string of the molecule is CCCS(=O)(=O)CCn1nc(C)c(CNCC)c1C. The Kier molecular flexibility index (Phi) is 6.00. The van der Waals surface area contributed by atoms with Gasteiger partial charge in [-0.25, -0.2) is 8.42 Å². The Morgan fingerprint density at radius 1 is 1.21 bits per heavy atom. The second kappa shape index (κ2) is 7.05. The van der Waals surface area contributed by atoms with E-state index in [-0.39, 0.29) is 11.5 Å². The molecule has 0 saturated carbocycles. The molecule has 110 valence electrons. The van der Waals surface area contributed by atoms with Crippen LogP contribution in [-0.2, 0) is 22.9 Å². The second-order valence-electron chi connectivity index (χ2n) is 4.80. The molecule has 1 aromatic rings. The van der Waals surface area contributed by atoms with E-state index in [2.05, 4.69) is 17.3 Å². The third-order valence-corrected chi connectivity index (χ3v) is 5.05. The van der Waals surface area contributed by atoms with Crippen LogP contribution in [0.4, 0.5) is 0 Å². The zero-order valence-corrected chi connectivity index (χ0v) is 13.2. The predicted octanol–water partition coefficient (Wildman–Crippen LogP) is 1.43. The summed E-state index contributed by atoms with van der Waals surface area (Å²) in [4.78, 5) is 0. The smallest absolute Gasteiger partial charge is 0.152 e. The first-order valence-corrected chi connectivity index (χ1v) is 8.67. The monoisotopic (exact) mass is 287 g/mol. The Morgan fingerprint density at radius 2 is 1.89 bits per heavy atom. The molecule has 0 unspecified atom stereocenters. The lowest BCUT2D eigenvalue weighted by Crippen LogP contribution is -2.17. The summed E-state index contributed by atoms with van der Waals surface area (Å²) in [5, 5.41) is 7.72. The van der Waals surface area contributed by atoms with Crippen molar-refractivity contribution in [2.24, 2.45) is 0 Å². The van der Waals surface area contributed by atoms with Crippen molar-refractivity contribution in [2.45, 2.75) is 47.2 Å². The molecule has 0 aromatic carbocycles. The fourth-order valence-electron chi connectivity index (χ4n) is 2.10. The highest BCUT2D eigenvalue weighted by molar-refractivity contribution is 7.91. The van der Waals surface area contributed by atoms with Gasteiger partial charge in [-0.15, -0.1) is 0 Å². The first-order valence-electron chi connectivity index (χ1n) is 6.85. The molecule has 1 rings (SSSR count). The van der Waals surface area contributed by atoms with Crippen molar-refractivity contribution in [3.63, 3.8) is 0 Å². The maximum Gasteiger partial charge on any atom is 0.152 e. The minimum atomic E-state index is -2.94. The highest BCUT2D eigenvalue weighted by Gasteiger charge is 2.14. The van der Waals surface area contributed by atoms with Gasteiger partial charge in [-0.3, -0.25) is 4.68 Å². The van der Waals surface area contributed by atoms with Crippen LogP contribution in [0.1, 0.15) is 37.2 Å². The van der Waals surface area contributed by atoms with E-state index in [0.29, 0.717) is 13.0 Å². The van der Waals surface area contributed by atoms with E-state index < -0.39 is 9.84 Å². The molecule has 6 heteroatoms. The molecular weight excluding hydrogens is 262 g/mol. The van der Waals surface area contributed by atoms with Gasteiger partial charge in [0.25, 0.3) is 0 Å². The zero-order chi connectivity index (χ0) is 14.5. The normalized spacial score (nSPS) is 12.0. The van der Waals surface area contributed by atoms with Gasteiger partial charge in [0, 0.05) is 23.6 Å². The van der Waals surface area contributed by atoms with Gasteiger partial charge in [0.15, 0.2) is 9.84 Å². The largest absolute Gasteiger partial charge is 0.313 e. The lowest BCUT2D eigenvalue weighted by molar-refractivity contribution is 0.574. The molecule has 0 saturated heterocycles. The van der Waals surface area contributed by atoms with Crippen molar-refractivity contribution in [1.82, 2.24) is 15.1 Å². The van der Waals surface area contributed by atoms with Crippen molar-refractivity contribution >= 4 is 9.84 Å². The van der Waals surface area contributed by atoms with E-state index in [4.69, 9.17) is 0 Å². The number of rotatable bonds is 8. The van der Waals surface area contributed by atoms with Crippen LogP contribution in [0.15, 0.2) is 0 Å². The topological polar surface area (TPSA) is 64.0 Å². The molecule has 0 radical (unpaired) electrons. The number of aromatic nitrogens is 2. The van der Waals surface area contributed by atoms with Crippen LogP contribution >= 0.6 is 0 Å². The lowest BCUT2D eigenvalue weighted by Gasteiger charge is -2.06. The molecule has 0 spiro atoms. The summed E-state index contributed by atoms with van der Waals surface area (Å²) in [6.07, 6.45) is 0.672. The minimum absolute atomic E-state index is 0.170. The number of hydrogen-bond acceptors (Lipinski definition) is 4. The van der Waals surface area contributed by atoms with Crippen LogP contribution in [0.2, 0.25) is 0 Å². The summed E-state index contributed by atoms with van der Waals surface area (Å²) in [7, 11) is -2.94. The molecule has 0 bridgehead atoms. The van der Waals surface area contributed by atoms with Crippen LogP contribution in [-0.4, -0.2) is 36.2 Å². The Labute approximate surface area is 116 Å². The van der Waals surface area contributed by atoms with Crippen LogP contribution in [0.5, 0.6) is 0 Å². The van der Waals surface area contributed by atoms with E-state index >= 15 is 0 Å². The Bertz CT molecular complexity index is 506. The Balaban J connectivity index is 2.75. The van der Waals surface area contributed by atoms with Crippen molar-refractivity contribution in [3.8, 4) is 0 Å². The maximum absolute atomic E-state index is 11.7. The molecule has 19 heavy (non-hydrogen) atoms. The van der Waals surface area contributed by atoms with Gasteiger partial charge in [0.1, 0.15) is 0 Å². The highest BCUT2D eigenvalue weighted by Crippen LogP contribution is 2.13. The quantitative estimate of drug-likeness (QED) is 0.785. The molecule has 1 N–H and O–H groups in total. The number of nitrogens with zero attached hydrogens (tertiary/aromatic N) is 2. The molecule has 0 aliphatic carbocycles. The van der Waals surface area contributed by atoms with E-state index in [9.17, 15) is 8.42 Å². The van der Waals surface area contributed by atoms with Crippen molar-refractivity contribution in [1.29, 1.82) is 0 Å². The van der Waals surface area contributed by atoms with Gasteiger partial charge in [0.2, 0.25) is 0 Å². The average molecular weight is 287 g/mol. The van der Waals surface area contributed by atoms with Crippen molar-refractivity contribution < 1.29 is 8.42 Å². The van der Waals surface area contributed by atoms with Gasteiger partial charge >= 0.3 is 0 Å². The van der Waals surface area contributed by atoms with Gasteiger partial charge in [-0.1, -0.05) is 13.8 Å². The van der Waals surface area contributed by atoms with E-state index in [1.165, 1.54) is 5.56 Å². The van der Waals surface area contributed by atoms with Crippen LogP contribution < -0.4 is 5.32 Å². The Hall–Kier alpha value is -0.880. The van der Waals surface area contributed by atoms with Gasteiger partial charge in [-0.2, -0.15) is 5.10 Å². The maximum atomic E-state index is 11.7. The molecule has 0 aliphatic rings. The standard InChI is InChI=1S/C13H25N3O2S/c1-5-8-19(17,18)9-7-16-12(4)13(10-14-6-2)11(3)15-16/h14H,5-10H2,1-4H3. The highest BCUT2D eigenvalue weighted by atomic mass is 32.2. The summed E-state index contributed by atoms with van der Waals surface area (Å²) in [5.74, 6) is 0.431. The summed E-state index contributed by atoms with van der Waals surface area (Å²) >= 11 is 0. The summed E-state index contributed by atoms with van der Waals surface area (Å²) in [6.45, 7) is 10.1.